The number of ether oxygens (including phenoxy) is 1. The van der Waals surface area contributed by atoms with Gasteiger partial charge >= 0.3 is 11.8 Å². The number of rotatable bonds is 6. The van der Waals surface area contributed by atoms with Crippen LogP contribution in [0.3, 0.4) is 0 Å². The second kappa shape index (κ2) is 8.54. The summed E-state index contributed by atoms with van der Waals surface area (Å²) in [6.07, 6.45) is -0.0601. The second-order valence-electron chi connectivity index (χ2n) is 6.73. The lowest BCUT2D eigenvalue weighted by atomic mass is 10.2. The highest BCUT2D eigenvalue weighted by Crippen LogP contribution is 2.27. The van der Waals surface area contributed by atoms with E-state index in [1.54, 1.807) is 36.4 Å². The summed E-state index contributed by atoms with van der Waals surface area (Å²) in [6.45, 7) is 1.81. The Morgan fingerprint density at radius 2 is 1.77 bits per heavy atom. The van der Waals surface area contributed by atoms with E-state index < -0.39 is 27.9 Å². The number of aryl methyl sites for hydroxylation is 1. The smallest absolute Gasteiger partial charge is 0.380 e. The van der Waals surface area contributed by atoms with Gasteiger partial charge in [-0.2, -0.15) is 0 Å². The largest absolute Gasteiger partial charge is 0.497 e. The van der Waals surface area contributed by atoms with Gasteiger partial charge in [-0.1, -0.05) is 22.9 Å². The zero-order valence-electron chi connectivity index (χ0n) is 16.5. The van der Waals surface area contributed by atoms with Crippen molar-refractivity contribution in [2.75, 3.05) is 7.11 Å². The highest BCUT2D eigenvalue weighted by atomic mass is 32.2. The second-order valence-corrected chi connectivity index (χ2v) is 8.54. The Hall–Kier alpha value is -3.40. The van der Waals surface area contributed by atoms with E-state index in [0.29, 0.717) is 15.6 Å². The van der Waals surface area contributed by atoms with Crippen LogP contribution in [0.5, 0.6) is 5.75 Å². The van der Waals surface area contributed by atoms with Crippen molar-refractivity contribution in [3.05, 3.63) is 59.7 Å². The predicted octanol–water partition coefficient (Wildman–Crippen LogP) is -0.372. The van der Waals surface area contributed by atoms with Gasteiger partial charge in [-0.05, 0) is 49.7 Å². The molecule has 1 heterocycles. The Morgan fingerprint density at radius 1 is 1.13 bits per heavy atom. The van der Waals surface area contributed by atoms with Crippen LogP contribution < -0.4 is 15.6 Å². The molecule has 158 valence electrons. The Kier molecular flexibility index (Phi) is 6.06. The topological polar surface area (TPSA) is 130 Å². The van der Waals surface area contributed by atoms with Crippen LogP contribution in [-0.4, -0.2) is 43.6 Å². The lowest BCUT2D eigenvalue weighted by Crippen LogP contribution is -2.76. The van der Waals surface area contributed by atoms with Crippen LogP contribution in [0.4, 0.5) is 0 Å². The molecule has 1 saturated heterocycles. The van der Waals surface area contributed by atoms with Crippen LogP contribution in [0.2, 0.25) is 0 Å². The summed E-state index contributed by atoms with van der Waals surface area (Å²) >= 11 is 0. The van der Waals surface area contributed by atoms with E-state index >= 15 is 0 Å². The number of hydrogen-bond donors (Lipinski definition) is 2. The van der Waals surface area contributed by atoms with Crippen LogP contribution in [-0.2, 0) is 24.4 Å². The fourth-order valence-electron chi connectivity index (χ4n) is 3.00. The van der Waals surface area contributed by atoms with Crippen molar-refractivity contribution >= 4 is 27.7 Å². The Balaban J connectivity index is 1.78. The first-order chi connectivity index (χ1) is 14.2. The molecule has 1 amide bonds. The van der Waals surface area contributed by atoms with Gasteiger partial charge in [0.25, 0.3) is 10.0 Å². The molecule has 3 N–H and O–H groups in total. The molecule has 9 nitrogen and oxygen atoms in total. The number of sulfonamides is 1. The standard InChI is InChI=1S/C20H21N3O6S/c1-13-3-9-16(10-4-13)30(26,27)23-17(11-12-18(23)24)20(25)29-22-19(21)14-5-7-15(28-2)8-6-14/h3-10,17H,11-12H2,1-2H3,(H2,21,22)/p+1/t17-/m0/s1. The average Bonchev–Trinajstić information content (AvgIpc) is 3.14. The van der Waals surface area contributed by atoms with Gasteiger partial charge in [-0.25, -0.2) is 17.5 Å². The van der Waals surface area contributed by atoms with Crippen molar-refractivity contribution in [2.24, 2.45) is 5.73 Å². The van der Waals surface area contributed by atoms with Crippen LogP contribution >= 0.6 is 0 Å². The highest BCUT2D eigenvalue weighted by molar-refractivity contribution is 7.89. The number of nitrogens with zero attached hydrogens (tertiary/aromatic N) is 1. The van der Waals surface area contributed by atoms with E-state index in [9.17, 15) is 18.0 Å². The fourth-order valence-corrected chi connectivity index (χ4v) is 4.60. The number of nitrogens with one attached hydrogen (secondary N) is 1. The Bertz CT molecular complexity index is 1080. The van der Waals surface area contributed by atoms with Gasteiger partial charge in [-0.3, -0.25) is 15.4 Å². The Morgan fingerprint density at radius 3 is 2.37 bits per heavy atom. The monoisotopic (exact) mass is 432 g/mol. The highest BCUT2D eigenvalue weighted by Gasteiger charge is 2.45. The molecule has 1 aliphatic heterocycles. The molecule has 1 atom stereocenters. The number of methoxy groups -OCH3 is 1. The van der Waals surface area contributed by atoms with Crippen LogP contribution in [0, 0.1) is 6.92 Å². The van der Waals surface area contributed by atoms with E-state index in [4.69, 9.17) is 15.3 Å². The van der Waals surface area contributed by atoms with E-state index in [0.717, 1.165) is 5.56 Å². The molecule has 10 heteroatoms. The average molecular weight is 432 g/mol. The number of benzene rings is 2. The number of amidine groups is 1. The summed E-state index contributed by atoms with van der Waals surface area (Å²) in [4.78, 5) is 29.7. The van der Waals surface area contributed by atoms with E-state index in [-0.39, 0.29) is 23.6 Å². The molecule has 0 bridgehead atoms. The van der Waals surface area contributed by atoms with Crippen molar-refractivity contribution in [3.63, 3.8) is 0 Å². The van der Waals surface area contributed by atoms with Gasteiger partial charge in [0.2, 0.25) is 5.91 Å². The van der Waals surface area contributed by atoms with Gasteiger partial charge in [-0.15, -0.1) is 0 Å². The van der Waals surface area contributed by atoms with E-state index in [1.165, 1.54) is 19.2 Å². The maximum Gasteiger partial charge on any atom is 0.380 e. The zero-order valence-corrected chi connectivity index (χ0v) is 17.3. The third-order valence-corrected chi connectivity index (χ3v) is 6.52. The summed E-state index contributed by atoms with van der Waals surface area (Å²) in [6, 6.07) is 11.4. The van der Waals surface area contributed by atoms with Crippen molar-refractivity contribution in [3.8, 4) is 5.75 Å². The van der Waals surface area contributed by atoms with Crippen molar-refractivity contribution in [2.45, 2.75) is 30.7 Å². The minimum atomic E-state index is -4.19. The molecule has 0 saturated carbocycles. The SMILES string of the molecule is COc1ccc(C(N)=[NH+]OC(=O)[C@@H]2CCC(=O)N2S(=O)(=O)c2ccc(C)cc2)cc1. The van der Waals surface area contributed by atoms with Gasteiger partial charge in [0, 0.05) is 6.42 Å². The van der Waals surface area contributed by atoms with Gasteiger partial charge < -0.3 is 4.74 Å². The third-order valence-electron chi connectivity index (χ3n) is 4.67. The zero-order chi connectivity index (χ0) is 21.9. The molecule has 0 aliphatic carbocycles. The normalized spacial score (nSPS) is 17.1. The first-order valence-corrected chi connectivity index (χ1v) is 10.6. The molecule has 3 rings (SSSR count). The summed E-state index contributed by atoms with van der Waals surface area (Å²) in [7, 11) is -2.66. The summed E-state index contributed by atoms with van der Waals surface area (Å²) in [5, 5.41) is 2.32. The van der Waals surface area contributed by atoms with Crippen LogP contribution in [0.1, 0.15) is 24.0 Å². The number of carbonyl (C=O) groups is 2. The number of amides is 1. The van der Waals surface area contributed by atoms with Crippen molar-refractivity contribution in [1.29, 1.82) is 0 Å². The molecule has 1 fully saturated rings. The molecule has 0 radical (unpaired) electrons. The quantitative estimate of drug-likeness (QED) is 0.276. The van der Waals surface area contributed by atoms with Gasteiger partial charge in [0.1, 0.15) is 5.75 Å². The molecule has 0 unspecified atom stereocenters. The third kappa shape index (κ3) is 4.28. The molecule has 1 aliphatic rings. The first-order valence-electron chi connectivity index (χ1n) is 9.11. The summed E-state index contributed by atoms with van der Waals surface area (Å²) in [5.41, 5.74) is 7.28. The fraction of sp³-hybridized carbons (Fsp3) is 0.250. The molecular weight excluding hydrogens is 410 g/mol. The van der Waals surface area contributed by atoms with Crippen molar-refractivity contribution in [1.82, 2.24) is 4.31 Å². The minimum absolute atomic E-state index is 0.0207. The number of nitrogens with two attached hydrogens (primary N) is 1. The van der Waals surface area contributed by atoms with Crippen LogP contribution in [0.25, 0.3) is 0 Å². The maximum atomic E-state index is 12.9. The van der Waals surface area contributed by atoms with Gasteiger partial charge in [0.05, 0.1) is 17.6 Å². The van der Waals surface area contributed by atoms with E-state index in [1.807, 2.05) is 6.92 Å². The molecular formula is C20H22N3O6S+. The molecule has 30 heavy (non-hydrogen) atoms. The summed E-state index contributed by atoms with van der Waals surface area (Å²) in [5.74, 6) is -0.911. The van der Waals surface area contributed by atoms with Crippen molar-refractivity contribution < 1.29 is 32.7 Å². The maximum absolute atomic E-state index is 12.9. The number of hydrogen-bond acceptors (Lipinski definition) is 6. The lowest BCUT2D eigenvalue weighted by molar-refractivity contribution is -0.724. The molecule has 0 aromatic heterocycles. The van der Waals surface area contributed by atoms with Gasteiger partial charge in [0.15, 0.2) is 6.04 Å². The minimum Gasteiger partial charge on any atom is -0.497 e. The van der Waals surface area contributed by atoms with E-state index in [2.05, 4.69) is 5.16 Å². The number of carbonyl (C=O) groups excluding carboxylic acids is 2. The molecule has 2 aromatic carbocycles. The van der Waals surface area contributed by atoms with Crippen LogP contribution in [0.15, 0.2) is 53.4 Å². The molecule has 0 spiro atoms. The molecule has 2 aromatic rings. The first kappa shape index (κ1) is 21.3. The number of nitrogen functional groups attached to an aromatic ring is 1. The lowest BCUT2D eigenvalue weighted by Gasteiger charge is -2.21. The Labute approximate surface area is 174 Å². The predicted molar refractivity (Wildman–Crippen MR) is 107 cm³/mol. The summed E-state index contributed by atoms with van der Waals surface area (Å²) < 4.78 is 31.5.